The molecule has 0 aromatic heterocycles. The molecule has 2 fully saturated rings. The van der Waals surface area contributed by atoms with E-state index in [9.17, 15) is 0 Å². The van der Waals surface area contributed by atoms with Gasteiger partial charge in [0.05, 0.1) is 0 Å². The van der Waals surface area contributed by atoms with Crippen molar-refractivity contribution in [3.63, 3.8) is 0 Å². The van der Waals surface area contributed by atoms with E-state index in [1.807, 2.05) is 0 Å². The normalized spacial score (nSPS) is 34.3. The van der Waals surface area contributed by atoms with E-state index < -0.39 is 0 Å². The number of hydrogen-bond donors (Lipinski definition) is 1. The predicted octanol–water partition coefficient (Wildman–Crippen LogP) is 3.02. The summed E-state index contributed by atoms with van der Waals surface area (Å²) < 4.78 is 0. The molecule has 1 heteroatoms. The van der Waals surface area contributed by atoms with E-state index in [0.29, 0.717) is 5.41 Å². The molecular formula is C13H24N. The van der Waals surface area contributed by atoms with Gasteiger partial charge in [-0.15, -0.1) is 0 Å². The van der Waals surface area contributed by atoms with Crippen LogP contribution < -0.4 is 5.32 Å². The summed E-state index contributed by atoms with van der Waals surface area (Å²) in [6.07, 6.45) is 9.60. The van der Waals surface area contributed by atoms with E-state index in [4.69, 9.17) is 0 Å². The van der Waals surface area contributed by atoms with Crippen molar-refractivity contribution in [1.82, 2.24) is 5.32 Å². The highest BCUT2D eigenvalue weighted by Crippen LogP contribution is 2.42. The fourth-order valence-electron chi connectivity index (χ4n) is 3.27. The monoisotopic (exact) mass is 194 g/mol. The quantitative estimate of drug-likeness (QED) is 0.676. The lowest BCUT2D eigenvalue weighted by Gasteiger charge is -2.40. The molecule has 0 aromatic carbocycles. The molecule has 1 saturated carbocycles. The topological polar surface area (TPSA) is 12.0 Å². The van der Waals surface area contributed by atoms with E-state index in [1.165, 1.54) is 45.2 Å². The van der Waals surface area contributed by atoms with Gasteiger partial charge in [-0.3, -0.25) is 0 Å². The first-order valence-corrected chi connectivity index (χ1v) is 6.22. The van der Waals surface area contributed by atoms with Crippen LogP contribution in [0.5, 0.6) is 0 Å². The average molecular weight is 194 g/mol. The van der Waals surface area contributed by atoms with Gasteiger partial charge >= 0.3 is 0 Å². The van der Waals surface area contributed by atoms with Gasteiger partial charge in [0, 0.05) is 0 Å². The second-order valence-electron chi connectivity index (χ2n) is 5.82. The molecule has 2 rings (SSSR count). The molecule has 1 aliphatic heterocycles. The van der Waals surface area contributed by atoms with Crippen molar-refractivity contribution in [2.24, 2.45) is 17.3 Å². The second kappa shape index (κ2) is 4.22. The van der Waals surface area contributed by atoms with Crippen LogP contribution in [0, 0.1) is 23.7 Å². The third kappa shape index (κ3) is 2.50. The number of piperidine rings is 1. The third-order valence-corrected chi connectivity index (χ3v) is 4.07. The molecule has 1 N–H and O–H groups in total. The fourth-order valence-corrected chi connectivity index (χ4v) is 3.27. The highest BCUT2D eigenvalue weighted by atomic mass is 14.9. The highest BCUT2D eigenvalue weighted by molar-refractivity contribution is 4.94. The Bertz CT molecular complexity index is 180. The molecule has 1 heterocycles. The minimum absolute atomic E-state index is 0.508. The Hall–Kier alpha value is -0.0400. The number of hydrogen-bond acceptors (Lipinski definition) is 1. The lowest BCUT2D eigenvalue weighted by atomic mass is 9.66. The molecule has 1 nitrogen and oxygen atoms in total. The van der Waals surface area contributed by atoms with Crippen molar-refractivity contribution in [2.45, 2.75) is 46.0 Å². The van der Waals surface area contributed by atoms with Crippen LogP contribution in [0.2, 0.25) is 0 Å². The standard InChI is InChI=1S/C13H24N/c1-13(2)7-3-4-12(10-13)11-5-8-14-9-6-11/h7,11-12,14H,3-6,8-10H2,1-2H3. The van der Waals surface area contributed by atoms with Crippen LogP contribution in [0.15, 0.2) is 0 Å². The first kappa shape index (κ1) is 10.5. The summed E-state index contributed by atoms with van der Waals surface area (Å²) in [5, 5.41) is 3.47. The zero-order valence-electron chi connectivity index (χ0n) is 9.68. The minimum atomic E-state index is 0.508. The maximum Gasteiger partial charge on any atom is -0.00462 e. The second-order valence-corrected chi connectivity index (χ2v) is 5.82. The molecule has 2 aliphatic rings. The van der Waals surface area contributed by atoms with Crippen LogP contribution >= 0.6 is 0 Å². The maximum absolute atomic E-state index is 3.47. The van der Waals surface area contributed by atoms with Gasteiger partial charge in [0.25, 0.3) is 0 Å². The van der Waals surface area contributed by atoms with Crippen LogP contribution in [0.4, 0.5) is 0 Å². The number of rotatable bonds is 1. The summed E-state index contributed by atoms with van der Waals surface area (Å²) in [5.74, 6) is 2.03. The van der Waals surface area contributed by atoms with Crippen molar-refractivity contribution >= 4 is 0 Å². The molecular weight excluding hydrogens is 170 g/mol. The zero-order chi connectivity index (χ0) is 10.0. The van der Waals surface area contributed by atoms with E-state index in [1.54, 1.807) is 0 Å². The molecule has 0 aromatic rings. The molecule has 1 unspecified atom stereocenters. The summed E-state index contributed by atoms with van der Waals surface area (Å²) in [5.41, 5.74) is 0.508. The van der Waals surface area contributed by atoms with E-state index >= 15 is 0 Å². The summed E-state index contributed by atoms with van der Waals surface area (Å²) >= 11 is 0. The van der Waals surface area contributed by atoms with E-state index in [2.05, 4.69) is 25.6 Å². The van der Waals surface area contributed by atoms with Crippen LogP contribution in [-0.4, -0.2) is 13.1 Å². The summed E-state index contributed by atoms with van der Waals surface area (Å²) in [4.78, 5) is 0. The Labute approximate surface area is 88.7 Å². The molecule has 1 aliphatic carbocycles. The van der Waals surface area contributed by atoms with Crippen molar-refractivity contribution in [2.75, 3.05) is 13.1 Å². The van der Waals surface area contributed by atoms with E-state index in [0.717, 1.165) is 11.8 Å². The van der Waals surface area contributed by atoms with Gasteiger partial charge in [0.15, 0.2) is 0 Å². The van der Waals surface area contributed by atoms with Crippen LogP contribution in [-0.2, 0) is 0 Å². The molecule has 0 bridgehead atoms. The predicted molar refractivity (Wildman–Crippen MR) is 61.0 cm³/mol. The first-order chi connectivity index (χ1) is 6.67. The number of nitrogens with one attached hydrogen (secondary N) is 1. The molecule has 1 radical (unpaired) electrons. The molecule has 1 atom stereocenters. The Morgan fingerprint density at radius 3 is 2.43 bits per heavy atom. The van der Waals surface area contributed by atoms with Crippen LogP contribution in [0.25, 0.3) is 0 Å². The SMILES string of the molecule is CC1(C)[CH]CCC(C2CCNCC2)C1. The lowest BCUT2D eigenvalue weighted by molar-refractivity contribution is 0.154. The van der Waals surface area contributed by atoms with Crippen molar-refractivity contribution < 1.29 is 0 Å². The van der Waals surface area contributed by atoms with Gasteiger partial charge in [-0.1, -0.05) is 13.8 Å². The Balaban J connectivity index is 1.89. The van der Waals surface area contributed by atoms with Crippen molar-refractivity contribution in [3.8, 4) is 0 Å². The molecule has 81 valence electrons. The zero-order valence-corrected chi connectivity index (χ0v) is 9.68. The molecule has 1 saturated heterocycles. The van der Waals surface area contributed by atoms with E-state index in [-0.39, 0.29) is 0 Å². The van der Waals surface area contributed by atoms with Gasteiger partial charge < -0.3 is 5.32 Å². The third-order valence-electron chi connectivity index (χ3n) is 4.07. The van der Waals surface area contributed by atoms with Gasteiger partial charge in [-0.05, 0) is 68.9 Å². The molecule has 0 amide bonds. The Kier molecular flexibility index (Phi) is 3.16. The summed E-state index contributed by atoms with van der Waals surface area (Å²) in [7, 11) is 0. The minimum Gasteiger partial charge on any atom is -0.317 e. The highest BCUT2D eigenvalue weighted by Gasteiger charge is 2.32. The van der Waals surface area contributed by atoms with Gasteiger partial charge in [0.2, 0.25) is 0 Å². The van der Waals surface area contributed by atoms with Crippen LogP contribution in [0.3, 0.4) is 0 Å². The van der Waals surface area contributed by atoms with Gasteiger partial charge in [-0.2, -0.15) is 0 Å². The summed E-state index contributed by atoms with van der Waals surface area (Å²) in [6, 6.07) is 0. The lowest BCUT2D eigenvalue weighted by Crippen LogP contribution is -2.35. The molecule has 0 spiro atoms. The van der Waals surface area contributed by atoms with Crippen molar-refractivity contribution in [3.05, 3.63) is 6.42 Å². The average Bonchev–Trinajstić information content (AvgIpc) is 2.18. The smallest absolute Gasteiger partial charge is 0.00462 e. The maximum atomic E-state index is 3.47. The fraction of sp³-hybridized carbons (Fsp3) is 0.923. The van der Waals surface area contributed by atoms with Crippen molar-refractivity contribution in [1.29, 1.82) is 0 Å². The van der Waals surface area contributed by atoms with Crippen LogP contribution in [0.1, 0.15) is 46.0 Å². The Morgan fingerprint density at radius 2 is 1.79 bits per heavy atom. The first-order valence-electron chi connectivity index (χ1n) is 6.22. The summed E-state index contributed by atoms with van der Waals surface area (Å²) in [6.45, 7) is 7.32. The molecule has 14 heavy (non-hydrogen) atoms. The van der Waals surface area contributed by atoms with Gasteiger partial charge in [-0.25, -0.2) is 0 Å². The largest absolute Gasteiger partial charge is 0.317 e. The van der Waals surface area contributed by atoms with Gasteiger partial charge in [0.1, 0.15) is 0 Å². The Morgan fingerprint density at radius 1 is 1.07 bits per heavy atom.